The summed E-state index contributed by atoms with van der Waals surface area (Å²) in [6, 6.07) is 7.19. The first-order chi connectivity index (χ1) is 9.99. The van der Waals surface area contributed by atoms with Gasteiger partial charge in [0.2, 0.25) is 0 Å². The van der Waals surface area contributed by atoms with Crippen LogP contribution in [-0.4, -0.2) is 41.5 Å². The van der Waals surface area contributed by atoms with Crippen molar-refractivity contribution in [2.75, 3.05) is 26.0 Å². The van der Waals surface area contributed by atoms with Gasteiger partial charge in [0, 0.05) is 29.4 Å². The van der Waals surface area contributed by atoms with Crippen molar-refractivity contribution in [2.24, 2.45) is 0 Å². The maximum Gasteiger partial charge on any atom is 0.295 e. The van der Waals surface area contributed by atoms with Crippen molar-refractivity contribution >= 4 is 22.3 Å². The third kappa shape index (κ3) is 3.66. The number of aromatic nitrogens is 1. The van der Waals surface area contributed by atoms with Crippen LogP contribution in [-0.2, 0) is 0 Å². The first-order valence-electron chi connectivity index (χ1n) is 6.92. The Labute approximate surface area is 123 Å². The predicted octanol–water partition coefficient (Wildman–Crippen LogP) is 2.90. The Bertz CT molecular complexity index is 643. The standard InChI is InChI=1S/C15H20N4O2/c1-11(8-10-18(2)3)17-13-6-7-14(19(20)21)15-12(13)5-4-9-16-15/h4-7,9,11,17H,8,10H2,1-3H3. The zero-order valence-corrected chi connectivity index (χ0v) is 12.5. The fraction of sp³-hybridized carbons (Fsp3) is 0.400. The number of anilines is 1. The highest BCUT2D eigenvalue weighted by Gasteiger charge is 2.16. The molecule has 2 rings (SSSR count). The minimum absolute atomic E-state index is 0.0390. The van der Waals surface area contributed by atoms with Crippen LogP contribution in [0.2, 0.25) is 0 Å². The van der Waals surface area contributed by atoms with E-state index >= 15 is 0 Å². The second-order valence-corrected chi connectivity index (χ2v) is 5.43. The summed E-state index contributed by atoms with van der Waals surface area (Å²) in [7, 11) is 4.08. The molecule has 1 unspecified atom stereocenters. The van der Waals surface area contributed by atoms with Crippen molar-refractivity contribution < 1.29 is 4.92 Å². The van der Waals surface area contributed by atoms with E-state index in [-0.39, 0.29) is 11.7 Å². The van der Waals surface area contributed by atoms with Gasteiger partial charge in [-0.1, -0.05) is 0 Å². The van der Waals surface area contributed by atoms with Crippen LogP contribution >= 0.6 is 0 Å². The number of nitrogens with zero attached hydrogens (tertiary/aromatic N) is 3. The van der Waals surface area contributed by atoms with E-state index in [0.717, 1.165) is 24.0 Å². The lowest BCUT2D eigenvalue weighted by atomic mass is 10.1. The molecule has 6 heteroatoms. The van der Waals surface area contributed by atoms with E-state index in [1.54, 1.807) is 18.3 Å². The molecule has 0 spiro atoms. The van der Waals surface area contributed by atoms with E-state index in [1.165, 1.54) is 6.07 Å². The highest BCUT2D eigenvalue weighted by molar-refractivity contribution is 5.96. The summed E-state index contributed by atoms with van der Waals surface area (Å²) in [5, 5.41) is 15.3. The smallest absolute Gasteiger partial charge is 0.295 e. The number of pyridine rings is 1. The molecule has 1 aromatic carbocycles. The van der Waals surface area contributed by atoms with Crippen LogP contribution in [0, 0.1) is 10.1 Å². The van der Waals surface area contributed by atoms with Gasteiger partial charge in [-0.2, -0.15) is 0 Å². The Morgan fingerprint density at radius 3 is 2.81 bits per heavy atom. The fourth-order valence-electron chi connectivity index (χ4n) is 2.22. The Hall–Kier alpha value is -2.21. The van der Waals surface area contributed by atoms with Crippen molar-refractivity contribution in [3.05, 3.63) is 40.6 Å². The van der Waals surface area contributed by atoms with Gasteiger partial charge < -0.3 is 10.2 Å². The van der Waals surface area contributed by atoms with Gasteiger partial charge in [0.1, 0.15) is 5.52 Å². The molecule has 1 N–H and O–H groups in total. The molecule has 0 aliphatic heterocycles. The molecule has 0 bridgehead atoms. The average molecular weight is 288 g/mol. The minimum atomic E-state index is -0.394. The maximum atomic E-state index is 11.1. The van der Waals surface area contributed by atoms with E-state index in [4.69, 9.17) is 0 Å². The number of fused-ring (bicyclic) bond motifs is 1. The fourth-order valence-corrected chi connectivity index (χ4v) is 2.22. The van der Waals surface area contributed by atoms with Gasteiger partial charge in [-0.25, -0.2) is 4.98 Å². The van der Waals surface area contributed by atoms with Crippen LogP contribution in [0.3, 0.4) is 0 Å². The molecule has 112 valence electrons. The Kier molecular flexibility index (Phi) is 4.70. The normalized spacial score (nSPS) is 12.6. The average Bonchev–Trinajstić information content (AvgIpc) is 2.45. The number of nitrogens with one attached hydrogen (secondary N) is 1. The lowest BCUT2D eigenvalue weighted by Gasteiger charge is -2.18. The molecule has 0 aliphatic carbocycles. The number of nitro groups is 1. The molecular weight excluding hydrogens is 268 g/mol. The molecule has 0 aliphatic rings. The topological polar surface area (TPSA) is 71.3 Å². The van der Waals surface area contributed by atoms with Crippen molar-refractivity contribution in [3.63, 3.8) is 0 Å². The molecular formula is C15H20N4O2. The molecule has 1 atom stereocenters. The van der Waals surface area contributed by atoms with Gasteiger partial charge >= 0.3 is 0 Å². The van der Waals surface area contributed by atoms with Crippen LogP contribution in [0.1, 0.15) is 13.3 Å². The first kappa shape index (κ1) is 15.2. The summed E-state index contributed by atoms with van der Waals surface area (Å²) < 4.78 is 0. The van der Waals surface area contributed by atoms with E-state index in [1.807, 2.05) is 20.2 Å². The molecule has 0 saturated heterocycles. The summed E-state index contributed by atoms with van der Waals surface area (Å²) in [6.45, 7) is 3.09. The maximum absolute atomic E-state index is 11.1. The molecule has 0 amide bonds. The summed E-state index contributed by atoms with van der Waals surface area (Å²) in [4.78, 5) is 17.0. The van der Waals surface area contributed by atoms with Crippen molar-refractivity contribution in [1.29, 1.82) is 0 Å². The van der Waals surface area contributed by atoms with Crippen molar-refractivity contribution in [3.8, 4) is 0 Å². The van der Waals surface area contributed by atoms with E-state index in [9.17, 15) is 10.1 Å². The molecule has 0 radical (unpaired) electrons. The quantitative estimate of drug-likeness (QED) is 0.653. The van der Waals surface area contributed by atoms with E-state index in [2.05, 4.69) is 22.1 Å². The molecule has 2 aromatic rings. The lowest BCUT2D eigenvalue weighted by molar-refractivity contribution is -0.383. The van der Waals surface area contributed by atoms with Crippen LogP contribution in [0.15, 0.2) is 30.5 Å². The van der Waals surface area contributed by atoms with Gasteiger partial charge in [0.25, 0.3) is 5.69 Å². The second kappa shape index (κ2) is 6.49. The molecule has 21 heavy (non-hydrogen) atoms. The lowest BCUT2D eigenvalue weighted by Crippen LogP contribution is -2.23. The SMILES string of the molecule is CC(CCN(C)C)Nc1ccc([N+](=O)[O-])c2ncccc12. The highest BCUT2D eigenvalue weighted by Crippen LogP contribution is 2.30. The van der Waals surface area contributed by atoms with Crippen LogP contribution in [0.25, 0.3) is 10.9 Å². The molecule has 0 fully saturated rings. The summed E-state index contributed by atoms with van der Waals surface area (Å²) in [5.74, 6) is 0. The van der Waals surface area contributed by atoms with Gasteiger partial charge in [-0.3, -0.25) is 10.1 Å². The zero-order valence-electron chi connectivity index (χ0n) is 12.5. The van der Waals surface area contributed by atoms with Crippen LogP contribution in [0.5, 0.6) is 0 Å². The van der Waals surface area contributed by atoms with Crippen LogP contribution in [0.4, 0.5) is 11.4 Å². The van der Waals surface area contributed by atoms with Crippen molar-refractivity contribution in [2.45, 2.75) is 19.4 Å². The number of hydrogen-bond acceptors (Lipinski definition) is 5. The van der Waals surface area contributed by atoms with Gasteiger partial charge in [0.05, 0.1) is 4.92 Å². The first-order valence-corrected chi connectivity index (χ1v) is 6.92. The monoisotopic (exact) mass is 288 g/mol. The number of non-ortho nitro benzene ring substituents is 1. The minimum Gasteiger partial charge on any atom is -0.382 e. The largest absolute Gasteiger partial charge is 0.382 e. The summed E-state index contributed by atoms with van der Waals surface area (Å²) >= 11 is 0. The number of rotatable bonds is 6. The summed E-state index contributed by atoms with van der Waals surface area (Å²) in [6.07, 6.45) is 2.57. The highest BCUT2D eigenvalue weighted by atomic mass is 16.6. The van der Waals surface area contributed by atoms with Crippen LogP contribution < -0.4 is 5.32 Å². The Morgan fingerprint density at radius 2 is 2.14 bits per heavy atom. The van der Waals surface area contributed by atoms with Gasteiger partial charge in [-0.15, -0.1) is 0 Å². The number of hydrogen-bond donors (Lipinski definition) is 1. The number of nitro benzene ring substituents is 1. The third-order valence-corrected chi connectivity index (χ3v) is 3.36. The van der Waals surface area contributed by atoms with E-state index < -0.39 is 4.92 Å². The second-order valence-electron chi connectivity index (χ2n) is 5.43. The Morgan fingerprint density at radius 1 is 1.38 bits per heavy atom. The molecule has 1 aromatic heterocycles. The third-order valence-electron chi connectivity index (χ3n) is 3.36. The van der Waals surface area contributed by atoms with Gasteiger partial charge in [-0.05, 0) is 52.2 Å². The Balaban J connectivity index is 2.29. The van der Waals surface area contributed by atoms with Crippen molar-refractivity contribution in [1.82, 2.24) is 9.88 Å². The molecule has 0 saturated carbocycles. The van der Waals surface area contributed by atoms with E-state index in [0.29, 0.717) is 5.52 Å². The predicted molar refractivity (Wildman–Crippen MR) is 84.7 cm³/mol. The number of benzene rings is 1. The van der Waals surface area contributed by atoms with Gasteiger partial charge in [0.15, 0.2) is 0 Å². The molecule has 6 nitrogen and oxygen atoms in total. The summed E-state index contributed by atoms with van der Waals surface area (Å²) in [5.41, 5.74) is 1.35. The molecule has 1 heterocycles. The zero-order chi connectivity index (χ0) is 15.4.